The van der Waals surface area contributed by atoms with Gasteiger partial charge in [0.1, 0.15) is 5.75 Å². The van der Waals surface area contributed by atoms with E-state index in [4.69, 9.17) is 11.6 Å². The standard InChI is InChI=1S/C19H20ClNO2/c1-11-9-19(2,3)21-16-7-6-13(15(10-22)18(11)16)14-5-4-12(20)8-17(14)23/h4-9,21-23H,10H2,1-3H3. The smallest absolute Gasteiger partial charge is 0.124 e. The maximum absolute atomic E-state index is 10.2. The van der Waals surface area contributed by atoms with Gasteiger partial charge in [0.2, 0.25) is 0 Å². The zero-order valence-electron chi connectivity index (χ0n) is 13.4. The Hall–Kier alpha value is -1.97. The third kappa shape index (κ3) is 2.82. The molecule has 3 N–H and O–H groups in total. The summed E-state index contributed by atoms with van der Waals surface area (Å²) in [5.41, 5.74) is 5.26. The maximum Gasteiger partial charge on any atom is 0.124 e. The lowest BCUT2D eigenvalue weighted by atomic mass is 9.85. The summed E-state index contributed by atoms with van der Waals surface area (Å²) in [4.78, 5) is 0. The van der Waals surface area contributed by atoms with E-state index in [-0.39, 0.29) is 17.9 Å². The van der Waals surface area contributed by atoms with E-state index in [1.165, 1.54) is 6.07 Å². The molecule has 4 heteroatoms. The summed E-state index contributed by atoms with van der Waals surface area (Å²) in [6.07, 6.45) is 2.15. The van der Waals surface area contributed by atoms with Gasteiger partial charge in [-0.15, -0.1) is 0 Å². The Labute approximate surface area is 141 Å². The Morgan fingerprint density at radius 3 is 2.48 bits per heavy atom. The minimum Gasteiger partial charge on any atom is -0.507 e. The van der Waals surface area contributed by atoms with Gasteiger partial charge in [-0.05, 0) is 61.7 Å². The number of rotatable bonds is 2. The van der Waals surface area contributed by atoms with Crippen molar-refractivity contribution in [3.8, 4) is 16.9 Å². The third-order valence-electron chi connectivity index (χ3n) is 4.15. The van der Waals surface area contributed by atoms with Crippen LogP contribution in [0, 0.1) is 0 Å². The molecular formula is C19H20ClNO2. The number of hydrogen-bond donors (Lipinski definition) is 3. The molecule has 0 spiro atoms. The van der Waals surface area contributed by atoms with Gasteiger partial charge in [0.05, 0.1) is 12.1 Å². The van der Waals surface area contributed by atoms with Crippen LogP contribution in [0.2, 0.25) is 5.02 Å². The quantitative estimate of drug-likeness (QED) is 0.741. The molecule has 0 bridgehead atoms. The molecule has 23 heavy (non-hydrogen) atoms. The number of halogens is 1. The van der Waals surface area contributed by atoms with E-state index >= 15 is 0 Å². The fourth-order valence-corrected chi connectivity index (χ4v) is 3.51. The summed E-state index contributed by atoms with van der Waals surface area (Å²) in [6, 6.07) is 8.95. The molecule has 1 heterocycles. The lowest BCUT2D eigenvalue weighted by Gasteiger charge is -2.33. The summed E-state index contributed by atoms with van der Waals surface area (Å²) < 4.78 is 0. The van der Waals surface area contributed by atoms with Gasteiger partial charge in [0, 0.05) is 21.8 Å². The molecule has 120 valence electrons. The van der Waals surface area contributed by atoms with Crippen LogP contribution in [0.5, 0.6) is 5.75 Å². The van der Waals surface area contributed by atoms with Crippen LogP contribution in [0.4, 0.5) is 5.69 Å². The first-order valence-corrected chi connectivity index (χ1v) is 7.94. The lowest BCUT2D eigenvalue weighted by molar-refractivity contribution is 0.282. The highest BCUT2D eigenvalue weighted by Gasteiger charge is 2.26. The second-order valence-electron chi connectivity index (χ2n) is 6.51. The summed E-state index contributed by atoms with van der Waals surface area (Å²) in [7, 11) is 0. The molecule has 0 fully saturated rings. The molecule has 3 nitrogen and oxygen atoms in total. The van der Waals surface area contributed by atoms with Crippen molar-refractivity contribution in [1.82, 2.24) is 0 Å². The highest BCUT2D eigenvalue weighted by molar-refractivity contribution is 6.30. The second kappa shape index (κ2) is 5.59. The highest BCUT2D eigenvalue weighted by atomic mass is 35.5. The van der Waals surface area contributed by atoms with Gasteiger partial charge in [-0.25, -0.2) is 0 Å². The van der Waals surface area contributed by atoms with Crippen LogP contribution in [0.3, 0.4) is 0 Å². The van der Waals surface area contributed by atoms with E-state index in [0.717, 1.165) is 28.0 Å². The Morgan fingerprint density at radius 1 is 1.13 bits per heavy atom. The normalized spacial score (nSPS) is 15.6. The number of aliphatic hydroxyl groups is 1. The molecule has 3 rings (SSSR count). The summed E-state index contributed by atoms with van der Waals surface area (Å²) in [5.74, 6) is 0.109. The van der Waals surface area contributed by atoms with Crippen LogP contribution >= 0.6 is 11.6 Å². The van der Waals surface area contributed by atoms with Gasteiger partial charge >= 0.3 is 0 Å². The third-order valence-corrected chi connectivity index (χ3v) is 4.38. The van der Waals surface area contributed by atoms with Crippen molar-refractivity contribution in [3.63, 3.8) is 0 Å². The molecule has 0 aromatic heterocycles. The fourth-order valence-electron chi connectivity index (χ4n) is 3.35. The van der Waals surface area contributed by atoms with Gasteiger partial charge in [-0.1, -0.05) is 23.7 Å². The number of fused-ring (bicyclic) bond motifs is 1. The Balaban J connectivity index is 2.24. The predicted molar refractivity (Wildman–Crippen MR) is 95.8 cm³/mol. The van der Waals surface area contributed by atoms with E-state index in [1.54, 1.807) is 12.1 Å². The van der Waals surface area contributed by atoms with Crippen LogP contribution in [0.1, 0.15) is 31.9 Å². The molecule has 1 aliphatic rings. The lowest BCUT2D eigenvalue weighted by Crippen LogP contribution is -2.31. The first kappa shape index (κ1) is 15.9. The minimum atomic E-state index is -0.131. The van der Waals surface area contributed by atoms with Crippen LogP contribution in [0.25, 0.3) is 16.7 Å². The number of hydrogen-bond acceptors (Lipinski definition) is 3. The highest BCUT2D eigenvalue weighted by Crippen LogP contribution is 2.42. The number of anilines is 1. The largest absolute Gasteiger partial charge is 0.507 e. The average molecular weight is 330 g/mol. The number of aliphatic hydroxyl groups excluding tert-OH is 1. The molecule has 2 aromatic rings. The molecule has 0 saturated heterocycles. The summed E-state index contributed by atoms with van der Waals surface area (Å²) in [6.45, 7) is 6.16. The molecule has 0 atom stereocenters. The Kier molecular flexibility index (Phi) is 3.86. The van der Waals surface area contributed by atoms with Gasteiger partial charge in [0.25, 0.3) is 0 Å². The minimum absolute atomic E-state index is 0.103. The first-order valence-electron chi connectivity index (χ1n) is 7.56. The van der Waals surface area contributed by atoms with Crippen molar-refractivity contribution in [2.24, 2.45) is 0 Å². The van der Waals surface area contributed by atoms with Gasteiger partial charge in [0.15, 0.2) is 0 Å². The number of phenols is 1. The second-order valence-corrected chi connectivity index (χ2v) is 6.94. The molecule has 0 saturated carbocycles. The van der Waals surface area contributed by atoms with Crippen molar-refractivity contribution < 1.29 is 10.2 Å². The monoisotopic (exact) mass is 329 g/mol. The van der Waals surface area contributed by atoms with Gasteiger partial charge < -0.3 is 15.5 Å². The Bertz CT molecular complexity index is 809. The molecule has 0 aliphatic carbocycles. The van der Waals surface area contributed by atoms with Gasteiger partial charge in [-0.2, -0.15) is 0 Å². The zero-order valence-corrected chi connectivity index (χ0v) is 14.2. The van der Waals surface area contributed by atoms with Crippen molar-refractivity contribution in [1.29, 1.82) is 0 Å². The van der Waals surface area contributed by atoms with E-state index in [2.05, 4.69) is 25.2 Å². The van der Waals surface area contributed by atoms with Crippen LogP contribution in [0.15, 0.2) is 36.4 Å². The van der Waals surface area contributed by atoms with E-state index in [9.17, 15) is 10.2 Å². The predicted octanol–water partition coefficient (Wildman–Crippen LogP) is 4.81. The number of nitrogens with one attached hydrogen (secondary N) is 1. The molecular weight excluding hydrogens is 310 g/mol. The van der Waals surface area contributed by atoms with Crippen LogP contribution in [-0.2, 0) is 6.61 Å². The maximum atomic E-state index is 10.2. The number of benzene rings is 2. The molecule has 0 amide bonds. The fraction of sp³-hybridized carbons (Fsp3) is 0.263. The first-order chi connectivity index (χ1) is 10.8. The topological polar surface area (TPSA) is 52.5 Å². The number of phenolic OH excluding ortho intramolecular Hbond substituents is 1. The van der Waals surface area contributed by atoms with Crippen molar-refractivity contribution >= 4 is 22.9 Å². The van der Waals surface area contributed by atoms with Crippen LogP contribution < -0.4 is 5.32 Å². The molecule has 0 unspecified atom stereocenters. The summed E-state index contributed by atoms with van der Waals surface area (Å²) >= 11 is 5.92. The Morgan fingerprint density at radius 2 is 1.83 bits per heavy atom. The van der Waals surface area contributed by atoms with E-state index in [0.29, 0.717) is 10.6 Å². The summed E-state index contributed by atoms with van der Waals surface area (Å²) in [5, 5.41) is 24.1. The number of aromatic hydroxyl groups is 1. The van der Waals surface area contributed by atoms with Gasteiger partial charge in [-0.3, -0.25) is 0 Å². The van der Waals surface area contributed by atoms with E-state index < -0.39 is 0 Å². The average Bonchev–Trinajstić information content (AvgIpc) is 2.45. The zero-order chi connectivity index (χ0) is 16.8. The van der Waals surface area contributed by atoms with Crippen molar-refractivity contribution in [2.75, 3.05) is 5.32 Å². The molecule has 2 aromatic carbocycles. The molecule has 0 radical (unpaired) electrons. The van der Waals surface area contributed by atoms with E-state index in [1.807, 2.05) is 19.1 Å². The molecule has 1 aliphatic heterocycles. The van der Waals surface area contributed by atoms with Crippen LogP contribution in [-0.4, -0.2) is 15.8 Å². The van der Waals surface area contributed by atoms with Crippen molar-refractivity contribution in [3.05, 3.63) is 52.6 Å². The number of allylic oxidation sites excluding steroid dienone is 1. The SMILES string of the molecule is CC1=CC(C)(C)Nc2ccc(-c3ccc(Cl)cc3O)c(CO)c21. The van der Waals surface area contributed by atoms with Crippen molar-refractivity contribution in [2.45, 2.75) is 32.9 Å².